The maximum atomic E-state index is 12.3. The fourth-order valence-electron chi connectivity index (χ4n) is 2.79. The van der Waals surface area contributed by atoms with Gasteiger partial charge in [0.05, 0.1) is 10.6 Å². The first-order valence-corrected chi connectivity index (χ1v) is 8.92. The van der Waals surface area contributed by atoms with E-state index in [1.807, 2.05) is 22.9 Å². The van der Waals surface area contributed by atoms with Gasteiger partial charge in [-0.05, 0) is 24.3 Å². The summed E-state index contributed by atoms with van der Waals surface area (Å²) in [5, 5.41) is 18.3. The number of hydrogen-bond acceptors (Lipinski definition) is 6. The summed E-state index contributed by atoms with van der Waals surface area (Å²) in [6.07, 6.45) is 2.81. The molecule has 0 bridgehead atoms. The molecule has 0 aromatic carbocycles. The SMILES string of the molecule is O=C([O-])[C@H]1CCCC[C@H]1C(=O)Nc1nc(-c2cccs2)cs1. The van der Waals surface area contributed by atoms with Gasteiger partial charge in [-0.1, -0.05) is 18.9 Å². The number of anilines is 1. The Bertz CT molecular complexity index is 666. The minimum atomic E-state index is -1.13. The predicted octanol–water partition coefficient (Wildman–Crippen LogP) is 2.37. The molecule has 5 nitrogen and oxygen atoms in total. The van der Waals surface area contributed by atoms with Crippen molar-refractivity contribution in [1.82, 2.24) is 4.98 Å². The molecule has 2 heterocycles. The van der Waals surface area contributed by atoms with Gasteiger partial charge >= 0.3 is 0 Å². The van der Waals surface area contributed by atoms with Gasteiger partial charge in [0.25, 0.3) is 0 Å². The summed E-state index contributed by atoms with van der Waals surface area (Å²) < 4.78 is 0. The van der Waals surface area contributed by atoms with Crippen LogP contribution in [0.5, 0.6) is 0 Å². The van der Waals surface area contributed by atoms with Crippen LogP contribution in [-0.4, -0.2) is 16.9 Å². The number of thiophene rings is 1. The summed E-state index contributed by atoms with van der Waals surface area (Å²) in [6, 6.07) is 3.92. The predicted molar refractivity (Wildman–Crippen MR) is 84.5 cm³/mol. The third-order valence-electron chi connectivity index (χ3n) is 3.91. The number of hydrogen-bond donors (Lipinski definition) is 1. The van der Waals surface area contributed by atoms with Crippen LogP contribution in [-0.2, 0) is 9.59 Å². The van der Waals surface area contributed by atoms with Crippen molar-refractivity contribution in [3.05, 3.63) is 22.9 Å². The lowest BCUT2D eigenvalue weighted by atomic mass is 9.79. The highest BCUT2D eigenvalue weighted by molar-refractivity contribution is 7.16. The molecule has 1 aliphatic rings. The number of aromatic nitrogens is 1. The first kappa shape index (κ1) is 15.2. The summed E-state index contributed by atoms with van der Waals surface area (Å²) in [5.41, 5.74) is 0.829. The molecule has 2 atom stereocenters. The highest BCUT2D eigenvalue weighted by atomic mass is 32.1. The molecule has 7 heteroatoms. The zero-order chi connectivity index (χ0) is 15.5. The first-order chi connectivity index (χ1) is 10.6. The van der Waals surface area contributed by atoms with Crippen LogP contribution >= 0.6 is 22.7 Å². The number of aliphatic carboxylic acids is 1. The van der Waals surface area contributed by atoms with Gasteiger partial charge in [-0.3, -0.25) is 4.79 Å². The largest absolute Gasteiger partial charge is 0.550 e. The van der Waals surface area contributed by atoms with E-state index in [0.29, 0.717) is 18.0 Å². The van der Waals surface area contributed by atoms with Crippen LogP contribution < -0.4 is 10.4 Å². The van der Waals surface area contributed by atoms with Gasteiger partial charge in [-0.2, -0.15) is 0 Å². The molecule has 22 heavy (non-hydrogen) atoms. The molecular weight excluding hydrogens is 320 g/mol. The van der Waals surface area contributed by atoms with Crippen LogP contribution in [0.1, 0.15) is 25.7 Å². The molecule has 0 radical (unpaired) electrons. The van der Waals surface area contributed by atoms with Crippen molar-refractivity contribution in [3.63, 3.8) is 0 Å². The Hall–Kier alpha value is -1.73. The first-order valence-electron chi connectivity index (χ1n) is 7.16. The number of carbonyl (C=O) groups excluding carboxylic acids is 2. The van der Waals surface area contributed by atoms with Crippen LogP contribution in [0.4, 0.5) is 5.13 Å². The van der Waals surface area contributed by atoms with E-state index in [2.05, 4.69) is 10.3 Å². The average molecular weight is 335 g/mol. The van der Waals surface area contributed by atoms with Crippen LogP contribution in [0.2, 0.25) is 0 Å². The molecule has 0 aliphatic heterocycles. The number of carboxylic acid groups (broad SMARTS) is 1. The summed E-state index contributed by atoms with van der Waals surface area (Å²) >= 11 is 2.94. The lowest BCUT2D eigenvalue weighted by Crippen LogP contribution is -2.42. The molecule has 116 valence electrons. The van der Waals surface area contributed by atoms with Gasteiger partial charge in [-0.15, -0.1) is 22.7 Å². The normalized spacial score (nSPS) is 21.5. The van der Waals surface area contributed by atoms with Crippen molar-refractivity contribution in [2.24, 2.45) is 11.8 Å². The number of nitrogens with one attached hydrogen (secondary N) is 1. The van der Waals surface area contributed by atoms with E-state index in [1.165, 1.54) is 11.3 Å². The highest BCUT2D eigenvalue weighted by Gasteiger charge is 2.32. The Morgan fingerprint density at radius 3 is 2.68 bits per heavy atom. The molecule has 1 saturated carbocycles. The van der Waals surface area contributed by atoms with Gasteiger partial charge in [0.1, 0.15) is 0 Å². The number of rotatable bonds is 4. The molecule has 1 aliphatic carbocycles. The maximum Gasteiger partial charge on any atom is 0.229 e. The Labute approximate surface area is 136 Å². The maximum absolute atomic E-state index is 12.3. The minimum Gasteiger partial charge on any atom is -0.550 e. The quantitative estimate of drug-likeness (QED) is 0.930. The molecule has 1 fully saturated rings. The molecule has 1 amide bonds. The fourth-order valence-corrected chi connectivity index (χ4v) is 4.27. The van der Waals surface area contributed by atoms with Crippen molar-refractivity contribution in [1.29, 1.82) is 0 Å². The molecule has 0 unspecified atom stereocenters. The molecule has 1 N–H and O–H groups in total. The molecule has 0 spiro atoms. The zero-order valence-electron chi connectivity index (χ0n) is 11.8. The average Bonchev–Trinajstić information content (AvgIpc) is 3.17. The molecule has 2 aromatic heterocycles. The highest BCUT2D eigenvalue weighted by Crippen LogP contribution is 2.32. The molecule has 2 aromatic rings. The monoisotopic (exact) mass is 335 g/mol. The lowest BCUT2D eigenvalue weighted by Gasteiger charge is -2.30. The Balaban J connectivity index is 1.70. The summed E-state index contributed by atoms with van der Waals surface area (Å²) in [6.45, 7) is 0. The van der Waals surface area contributed by atoms with E-state index in [9.17, 15) is 14.7 Å². The molecule has 0 saturated heterocycles. The van der Waals surface area contributed by atoms with E-state index >= 15 is 0 Å². The molecular formula is C15H15N2O3S2-. The van der Waals surface area contributed by atoms with Crippen LogP contribution in [0.3, 0.4) is 0 Å². The fraction of sp³-hybridized carbons (Fsp3) is 0.400. The van der Waals surface area contributed by atoms with E-state index in [4.69, 9.17) is 0 Å². The van der Waals surface area contributed by atoms with E-state index in [1.54, 1.807) is 11.3 Å². The Morgan fingerprint density at radius 1 is 1.23 bits per heavy atom. The van der Waals surface area contributed by atoms with Gasteiger partial charge < -0.3 is 15.2 Å². The summed E-state index contributed by atoms with van der Waals surface area (Å²) in [4.78, 5) is 29.0. The van der Waals surface area contributed by atoms with Crippen molar-refractivity contribution >= 4 is 39.7 Å². The van der Waals surface area contributed by atoms with Crippen molar-refractivity contribution in [2.45, 2.75) is 25.7 Å². The lowest BCUT2D eigenvalue weighted by molar-refractivity contribution is -0.313. The van der Waals surface area contributed by atoms with E-state index in [0.717, 1.165) is 23.4 Å². The van der Waals surface area contributed by atoms with E-state index in [-0.39, 0.29) is 5.91 Å². The minimum absolute atomic E-state index is 0.263. The number of carbonyl (C=O) groups is 2. The van der Waals surface area contributed by atoms with Crippen molar-refractivity contribution in [3.8, 4) is 10.6 Å². The number of amides is 1. The number of nitrogens with zero attached hydrogens (tertiary/aromatic N) is 1. The van der Waals surface area contributed by atoms with Crippen LogP contribution in [0.15, 0.2) is 22.9 Å². The zero-order valence-corrected chi connectivity index (χ0v) is 13.4. The third kappa shape index (κ3) is 3.20. The third-order valence-corrected chi connectivity index (χ3v) is 5.56. The van der Waals surface area contributed by atoms with Crippen molar-refractivity contribution < 1.29 is 14.7 Å². The van der Waals surface area contributed by atoms with Gasteiger partial charge in [0.2, 0.25) is 5.91 Å². The second-order valence-corrected chi connectivity index (χ2v) is 7.13. The smallest absolute Gasteiger partial charge is 0.229 e. The van der Waals surface area contributed by atoms with Gasteiger partial charge in [0, 0.05) is 23.2 Å². The van der Waals surface area contributed by atoms with Crippen LogP contribution in [0, 0.1) is 11.8 Å². The van der Waals surface area contributed by atoms with Gasteiger partial charge in [-0.25, -0.2) is 4.98 Å². The number of carboxylic acids is 1. The van der Waals surface area contributed by atoms with E-state index < -0.39 is 17.8 Å². The Kier molecular flexibility index (Phi) is 4.54. The number of thiazole rings is 1. The summed E-state index contributed by atoms with van der Waals surface area (Å²) in [7, 11) is 0. The standard InChI is InChI=1S/C15H16N2O3S2/c18-13(9-4-1-2-5-10(9)14(19)20)17-15-16-11(8-22-15)12-6-3-7-21-12/h3,6-10H,1-2,4-5H2,(H,19,20)(H,16,17,18)/p-1/t9-,10+/m1/s1. The molecule has 3 rings (SSSR count). The topological polar surface area (TPSA) is 82.1 Å². The second kappa shape index (κ2) is 6.58. The van der Waals surface area contributed by atoms with Gasteiger partial charge in [0.15, 0.2) is 5.13 Å². The second-order valence-electron chi connectivity index (χ2n) is 5.32. The summed E-state index contributed by atoms with van der Waals surface area (Å²) in [5.74, 6) is -2.60. The van der Waals surface area contributed by atoms with Crippen molar-refractivity contribution in [2.75, 3.05) is 5.32 Å². The Morgan fingerprint density at radius 2 is 2.00 bits per heavy atom. The van der Waals surface area contributed by atoms with Crippen LogP contribution in [0.25, 0.3) is 10.6 Å².